The molecule has 1 aromatic carbocycles. The van der Waals surface area contributed by atoms with Gasteiger partial charge in [-0.3, -0.25) is 14.4 Å². The maximum atomic E-state index is 13.2. The first-order valence-electron chi connectivity index (χ1n) is 10.2. The molecule has 1 atom stereocenters. The maximum absolute atomic E-state index is 13.2. The van der Waals surface area contributed by atoms with Gasteiger partial charge in [-0.25, -0.2) is 0 Å². The van der Waals surface area contributed by atoms with Gasteiger partial charge in [0.2, 0.25) is 5.91 Å². The Bertz CT molecular complexity index is 966. The van der Waals surface area contributed by atoms with E-state index >= 15 is 0 Å². The van der Waals surface area contributed by atoms with Gasteiger partial charge in [0.1, 0.15) is 6.04 Å². The summed E-state index contributed by atoms with van der Waals surface area (Å²) in [5.74, 6) is -0.144. The maximum Gasteiger partial charge on any atom is 0.435 e. The quantitative estimate of drug-likeness (QED) is 0.612. The molecule has 1 amide bonds. The van der Waals surface area contributed by atoms with E-state index in [0.717, 1.165) is 24.5 Å². The van der Waals surface area contributed by atoms with Crippen molar-refractivity contribution in [3.8, 4) is 0 Å². The fraction of sp³-hybridized carbons (Fsp3) is 0.524. The topological polar surface area (TPSA) is 41.4 Å². The molecule has 31 heavy (non-hydrogen) atoms. The van der Waals surface area contributed by atoms with Crippen LogP contribution in [-0.4, -0.2) is 51.7 Å². The Morgan fingerprint density at radius 3 is 2.39 bits per heavy atom. The predicted octanol–water partition coefficient (Wildman–Crippen LogP) is 4.99. The number of carbonyl (C=O) groups is 1. The molecule has 0 spiro atoms. The zero-order valence-electron chi connectivity index (χ0n) is 17.0. The highest BCUT2D eigenvalue weighted by molar-refractivity contribution is 6.42. The molecule has 1 unspecified atom stereocenters. The van der Waals surface area contributed by atoms with Crippen LogP contribution in [0.1, 0.15) is 48.7 Å². The third-order valence-corrected chi connectivity index (χ3v) is 6.59. The van der Waals surface area contributed by atoms with E-state index in [1.165, 1.54) is 4.68 Å². The summed E-state index contributed by atoms with van der Waals surface area (Å²) in [5.41, 5.74) is 0.611. The second kappa shape index (κ2) is 8.64. The van der Waals surface area contributed by atoms with Crippen molar-refractivity contribution < 1.29 is 18.0 Å². The van der Waals surface area contributed by atoms with Crippen LogP contribution in [0.4, 0.5) is 13.2 Å². The molecule has 0 bridgehead atoms. The Balaban J connectivity index is 1.39. The van der Waals surface area contributed by atoms with E-state index in [0.29, 0.717) is 48.5 Å². The molecule has 2 fully saturated rings. The predicted molar refractivity (Wildman–Crippen MR) is 112 cm³/mol. The summed E-state index contributed by atoms with van der Waals surface area (Å²) in [6, 6.07) is 5.84. The van der Waals surface area contributed by atoms with Gasteiger partial charge in [0, 0.05) is 44.3 Å². The molecular weight excluding hydrogens is 452 g/mol. The largest absolute Gasteiger partial charge is 0.435 e. The molecule has 1 aliphatic carbocycles. The first-order valence-corrected chi connectivity index (χ1v) is 11.0. The minimum Gasteiger partial charge on any atom is -0.338 e. The molecular formula is C21H23Cl2F3N4O. The highest BCUT2D eigenvalue weighted by Crippen LogP contribution is 2.43. The number of amides is 1. The van der Waals surface area contributed by atoms with E-state index in [1.807, 2.05) is 12.1 Å². The van der Waals surface area contributed by atoms with Crippen molar-refractivity contribution in [3.05, 3.63) is 51.3 Å². The van der Waals surface area contributed by atoms with Gasteiger partial charge in [-0.05, 0) is 43.5 Å². The summed E-state index contributed by atoms with van der Waals surface area (Å²) < 4.78 is 40.8. The summed E-state index contributed by atoms with van der Waals surface area (Å²) in [7, 11) is 0. The molecule has 0 N–H and O–H groups in total. The Morgan fingerprint density at radius 2 is 1.81 bits per heavy atom. The molecule has 168 valence electrons. The van der Waals surface area contributed by atoms with Crippen LogP contribution in [0.15, 0.2) is 24.3 Å². The highest BCUT2D eigenvalue weighted by Gasteiger charge is 2.39. The number of hydrogen-bond acceptors (Lipinski definition) is 3. The zero-order chi connectivity index (χ0) is 22.3. The molecule has 2 aliphatic rings. The van der Waals surface area contributed by atoms with E-state index in [9.17, 15) is 18.0 Å². The first kappa shape index (κ1) is 22.4. The fourth-order valence-corrected chi connectivity index (χ4v) is 4.25. The van der Waals surface area contributed by atoms with Gasteiger partial charge in [0.25, 0.3) is 0 Å². The smallest absolute Gasteiger partial charge is 0.338 e. The molecule has 4 rings (SSSR count). The molecule has 2 heterocycles. The van der Waals surface area contributed by atoms with Crippen LogP contribution in [-0.2, 0) is 17.5 Å². The van der Waals surface area contributed by atoms with E-state index < -0.39 is 17.9 Å². The van der Waals surface area contributed by atoms with Crippen molar-refractivity contribution in [3.63, 3.8) is 0 Å². The molecule has 2 aromatic rings. The van der Waals surface area contributed by atoms with E-state index in [4.69, 9.17) is 23.2 Å². The summed E-state index contributed by atoms with van der Waals surface area (Å²) >= 11 is 12.0. The second-order valence-corrected chi connectivity index (χ2v) is 9.01. The molecule has 5 nitrogen and oxygen atoms in total. The number of hydrogen-bond donors (Lipinski definition) is 0. The molecule has 0 radical (unpaired) electrons. The monoisotopic (exact) mass is 474 g/mol. The van der Waals surface area contributed by atoms with Crippen molar-refractivity contribution in [2.24, 2.45) is 0 Å². The summed E-state index contributed by atoms with van der Waals surface area (Å²) in [5, 5.41) is 4.77. The fourth-order valence-electron chi connectivity index (χ4n) is 3.93. The number of rotatable bonds is 5. The van der Waals surface area contributed by atoms with Crippen molar-refractivity contribution in [1.82, 2.24) is 19.6 Å². The number of aromatic nitrogens is 2. The van der Waals surface area contributed by atoms with E-state index in [1.54, 1.807) is 17.9 Å². The van der Waals surface area contributed by atoms with Crippen LogP contribution >= 0.6 is 23.2 Å². The Labute approximate surface area is 188 Å². The Kier molecular flexibility index (Phi) is 6.25. The first-order chi connectivity index (χ1) is 14.6. The lowest BCUT2D eigenvalue weighted by molar-refractivity contribution is -0.143. The lowest BCUT2D eigenvalue weighted by Crippen LogP contribution is -2.50. The summed E-state index contributed by atoms with van der Waals surface area (Å²) in [4.78, 5) is 17.0. The number of benzene rings is 1. The average Bonchev–Trinajstić information content (AvgIpc) is 3.47. The Hall–Kier alpha value is -1.77. The second-order valence-electron chi connectivity index (χ2n) is 8.20. The minimum absolute atomic E-state index is 0.0573. The van der Waals surface area contributed by atoms with Crippen LogP contribution in [0.2, 0.25) is 10.0 Å². The highest BCUT2D eigenvalue weighted by atomic mass is 35.5. The molecule has 1 aromatic heterocycles. The average molecular weight is 475 g/mol. The summed E-state index contributed by atoms with van der Waals surface area (Å²) in [6.45, 7) is 4.67. The number of alkyl halides is 3. The third-order valence-electron chi connectivity index (χ3n) is 5.85. The number of piperazine rings is 1. The SMILES string of the molecule is CC(C(=O)N1CCN(Cc2ccc(Cl)c(Cl)c2)CC1)n1nc(C(F)(F)F)cc1C1CC1. The molecule has 10 heteroatoms. The normalized spacial score (nSPS) is 19.0. The van der Waals surface area contributed by atoms with Gasteiger partial charge in [-0.15, -0.1) is 0 Å². The zero-order valence-corrected chi connectivity index (χ0v) is 18.5. The molecule has 1 aliphatic heterocycles. The van der Waals surface area contributed by atoms with E-state index in [-0.39, 0.29) is 11.8 Å². The standard InChI is InChI=1S/C21H23Cl2F3N4O/c1-13(30-18(15-3-4-15)11-19(27-30)21(24,25)26)20(31)29-8-6-28(7-9-29)12-14-2-5-16(22)17(23)10-14/h2,5,10-11,13,15H,3-4,6-9,12H2,1H3. The van der Waals surface area contributed by atoms with E-state index in [2.05, 4.69) is 10.00 Å². The van der Waals surface area contributed by atoms with Crippen LogP contribution in [0.5, 0.6) is 0 Å². The van der Waals surface area contributed by atoms with Crippen LogP contribution < -0.4 is 0 Å². The lowest BCUT2D eigenvalue weighted by Gasteiger charge is -2.36. The van der Waals surface area contributed by atoms with Crippen molar-refractivity contribution >= 4 is 29.1 Å². The number of carbonyl (C=O) groups excluding carboxylic acids is 1. The lowest BCUT2D eigenvalue weighted by atomic mass is 10.2. The number of halogens is 5. The van der Waals surface area contributed by atoms with Crippen LogP contribution in [0.3, 0.4) is 0 Å². The molecule has 1 saturated heterocycles. The van der Waals surface area contributed by atoms with Crippen molar-refractivity contribution in [2.75, 3.05) is 26.2 Å². The van der Waals surface area contributed by atoms with Gasteiger partial charge in [0.05, 0.1) is 10.0 Å². The van der Waals surface area contributed by atoms with Gasteiger partial charge in [-0.1, -0.05) is 29.3 Å². The third kappa shape index (κ3) is 5.02. The van der Waals surface area contributed by atoms with Gasteiger partial charge in [-0.2, -0.15) is 18.3 Å². The van der Waals surface area contributed by atoms with Gasteiger partial charge < -0.3 is 4.90 Å². The Morgan fingerprint density at radius 1 is 1.13 bits per heavy atom. The van der Waals surface area contributed by atoms with Gasteiger partial charge >= 0.3 is 6.18 Å². The number of nitrogens with zero attached hydrogens (tertiary/aromatic N) is 4. The minimum atomic E-state index is -4.52. The van der Waals surface area contributed by atoms with Crippen LogP contribution in [0, 0.1) is 0 Å². The van der Waals surface area contributed by atoms with Gasteiger partial charge in [0.15, 0.2) is 5.69 Å². The summed E-state index contributed by atoms with van der Waals surface area (Å²) in [6.07, 6.45) is -2.86. The molecule has 1 saturated carbocycles. The van der Waals surface area contributed by atoms with Crippen LogP contribution in [0.25, 0.3) is 0 Å². The van der Waals surface area contributed by atoms with Crippen molar-refractivity contribution in [1.29, 1.82) is 0 Å². The van der Waals surface area contributed by atoms with Crippen molar-refractivity contribution in [2.45, 2.75) is 44.4 Å².